The Kier molecular flexibility index (Phi) is 3.67. The van der Waals surface area contributed by atoms with Crippen molar-refractivity contribution in [1.29, 1.82) is 0 Å². The lowest BCUT2D eigenvalue weighted by Crippen LogP contribution is -2.13. The first-order valence-electron chi connectivity index (χ1n) is 6.20. The maximum Gasteiger partial charge on any atom is 0.124 e. The average molecular weight is 378 g/mol. The molecule has 0 bridgehead atoms. The fourth-order valence-corrected chi connectivity index (χ4v) is 3.03. The molecule has 0 aliphatic heterocycles. The largest absolute Gasteiger partial charge is 0.320 e. The van der Waals surface area contributed by atoms with Gasteiger partial charge in [-0.3, -0.25) is 4.98 Å². The molecule has 1 atom stereocenters. The summed E-state index contributed by atoms with van der Waals surface area (Å²) in [6, 6.07) is 14.3. The summed E-state index contributed by atoms with van der Waals surface area (Å²) < 4.78 is 14.0. The molecular weight excluding hydrogens is 366 g/mol. The third kappa shape index (κ3) is 2.53. The summed E-state index contributed by atoms with van der Waals surface area (Å²) >= 11 is 2.11. The van der Waals surface area contributed by atoms with E-state index in [1.807, 2.05) is 30.3 Å². The Hall–Kier alpha value is -1.53. The highest BCUT2D eigenvalue weighted by atomic mass is 127. The second kappa shape index (κ2) is 5.46. The van der Waals surface area contributed by atoms with E-state index in [2.05, 4.69) is 27.6 Å². The van der Waals surface area contributed by atoms with Crippen molar-refractivity contribution in [3.8, 4) is 0 Å². The van der Waals surface area contributed by atoms with E-state index in [0.717, 1.165) is 25.6 Å². The zero-order valence-electron chi connectivity index (χ0n) is 10.6. The van der Waals surface area contributed by atoms with Gasteiger partial charge in [0.25, 0.3) is 0 Å². The van der Waals surface area contributed by atoms with Crippen molar-refractivity contribution in [2.45, 2.75) is 6.04 Å². The number of pyridine rings is 1. The van der Waals surface area contributed by atoms with Crippen LogP contribution in [0.15, 0.2) is 54.7 Å². The Morgan fingerprint density at radius 3 is 2.75 bits per heavy atom. The number of hydrogen-bond donors (Lipinski definition) is 1. The van der Waals surface area contributed by atoms with Crippen LogP contribution in [0, 0.1) is 9.39 Å². The fourth-order valence-electron chi connectivity index (χ4n) is 2.22. The lowest BCUT2D eigenvalue weighted by atomic mass is 9.98. The Balaban J connectivity index is 2.05. The van der Waals surface area contributed by atoms with Crippen molar-refractivity contribution >= 4 is 33.5 Å². The summed E-state index contributed by atoms with van der Waals surface area (Å²) in [5, 5.41) is 1.05. The van der Waals surface area contributed by atoms with Gasteiger partial charge in [0.15, 0.2) is 0 Å². The van der Waals surface area contributed by atoms with Crippen LogP contribution in [-0.2, 0) is 0 Å². The Labute approximate surface area is 130 Å². The van der Waals surface area contributed by atoms with E-state index in [1.165, 1.54) is 12.1 Å². The molecular formula is C16H12FIN2. The average Bonchev–Trinajstić information content (AvgIpc) is 2.46. The summed E-state index contributed by atoms with van der Waals surface area (Å²) in [6.45, 7) is 0. The van der Waals surface area contributed by atoms with Crippen LogP contribution in [0.4, 0.5) is 4.39 Å². The smallest absolute Gasteiger partial charge is 0.124 e. The zero-order valence-corrected chi connectivity index (χ0v) is 12.7. The second-order valence-corrected chi connectivity index (χ2v) is 5.76. The molecule has 1 heterocycles. The molecule has 0 amide bonds. The van der Waals surface area contributed by atoms with E-state index in [0.29, 0.717) is 0 Å². The van der Waals surface area contributed by atoms with Crippen LogP contribution < -0.4 is 5.73 Å². The number of fused-ring (bicyclic) bond motifs is 1. The van der Waals surface area contributed by atoms with Crippen LogP contribution in [0.2, 0.25) is 0 Å². The van der Waals surface area contributed by atoms with Crippen LogP contribution in [0.25, 0.3) is 10.9 Å². The van der Waals surface area contributed by atoms with Crippen molar-refractivity contribution in [3.05, 3.63) is 75.2 Å². The first-order chi connectivity index (χ1) is 9.65. The molecule has 3 aromatic rings. The molecule has 4 heteroatoms. The Morgan fingerprint density at radius 2 is 1.95 bits per heavy atom. The molecule has 20 heavy (non-hydrogen) atoms. The normalized spacial score (nSPS) is 12.6. The third-order valence-electron chi connectivity index (χ3n) is 3.28. The molecule has 3 rings (SSSR count). The molecule has 1 unspecified atom stereocenters. The van der Waals surface area contributed by atoms with E-state index < -0.39 is 0 Å². The number of rotatable bonds is 2. The highest BCUT2D eigenvalue weighted by Crippen LogP contribution is 2.26. The summed E-state index contributed by atoms with van der Waals surface area (Å²) in [4.78, 5) is 4.29. The minimum Gasteiger partial charge on any atom is -0.320 e. The molecule has 0 fully saturated rings. The molecule has 0 saturated carbocycles. The van der Waals surface area contributed by atoms with E-state index in [-0.39, 0.29) is 11.9 Å². The predicted molar refractivity (Wildman–Crippen MR) is 86.9 cm³/mol. The maximum atomic E-state index is 13.2. The zero-order chi connectivity index (χ0) is 14.1. The van der Waals surface area contributed by atoms with Gasteiger partial charge in [0.1, 0.15) is 5.82 Å². The minimum atomic E-state index is -0.271. The summed E-state index contributed by atoms with van der Waals surface area (Å²) in [6.07, 6.45) is 1.77. The van der Waals surface area contributed by atoms with Crippen LogP contribution >= 0.6 is 22.6 Å². The van der Waals surface area contributed by atoms with Gasteiger partial charge in [0.2, 0.25) is 0 Å². The quantitative estimate of drug-likeness (QED) is 0.684. The maximum absolute atomic E-state index is 13.2. The van der Waals surface area contributed by atoms with Gasteiger partial charge < -0.3 is 5.73 Å². The van der Waals surface area contributed by atoms with E-state index in [9.17, 15) is 4.39 Å². The van der Waals surface area contributed by atoms with Crippen LogP contribution in [0.1, 0.15) is 17.2 Å². The molecule has 2 aromatic carbocycles. The van der Waals surface area contributed by atoms with Crippen LogP contribution in [0.5, 0.6) is 0 Å². The molecule has 0 radical (unpaired) electrons. The Morgan fingerprint density at radius 1 is 1.10 bits per heavy atom. The minimum absolute atomic E-state index is 0.243. The van der Waals surface area contributed by atoms with Gasteiger partial charge in [-0.05, 0) is 64.0 Å². The van der Waals surface area contributed by atoms with Crippen molar-refractivity contribution < 1.29 is 4.39 Å². The van der Waals surface area contributed by atoms with Gasteiger partial charge >= 0.3 is 0 Å². The number of nitrogens with zero attached hydrogens (tertiary/aromatic N) is 1. The molecule has 0 saturated heterocycles. The number of halogens is 2. The molecule has 2 N–H and O–H groups in total. The van der Waals surface area contributed by atoms with Gasteiger partial charge in [-0.25, -0.2) is 4.39 Å². The first-order valence-corrected chi connectivity index (χ1v) is 7.28. The van der Waals surface area contributed by atoms with Gasteiger partial charge in [-0.2, -0.15) is 0 Å². The first kappa shape index (κ1) is 13.5. The van der Waals surface area contributed by atoms with Gasteiger partial charge in [-0.15, -0.1) is 0 Å². The van der Waals surface area contributed by atoms with Crippen molar-refractivity contribution in [2.24, 2.45) is 5.73 Å². The lowest BCUT2D eigenvalue weighted by molar-refractivity contribution is 0.625. The molecule has 0 aliphatic rings. The molecule has 1 aromatic heterocycles. The van der Waals surface area contributed by atoms with Crippen molar-refractivity contribution in [2.75, 3.05) is 0 Å². The number of nitrogens with two attached hydrogens (primary N) is 1. The third-order valence-corrected chi connectivity index (χ3v) is 4.22. The lowest BCUT2D eigenvalue weighted by Gasteiger charge is -2.15. The van der Waals surface area contributed by atoms with Gasteiger partial charge in [-0.1, -0.05) is 18.2 Å². The fraction of sp³-hybridized carbons (Fsp3) is 0.0625. The van der Waals surface area contributed by atoms with E-state index in [1.54, 1.807) is 12.3 Å². The number of benzene rings is 2. The van der Waals surface area contributed by atoms with Gasteiger partial charge in [0.05, 0.1) is 11.6 Å². The molecule has 2 nitrogen and oxygen atoms in total. The number of hydrogen-bond acceptors (Lipinski definition) is 2. The second-order valence-electron chi connectivity index (χ2n) is 4.60. The highest BCUT2D eigenvalue weighted by molar-refractivity contribution is 14.1. The summed E-state index contributed by atoms with van der Waals surface area (Å²) in [5.41, 5.74) is 9.17. The van der Waals surface area contributed by atoms with Crippen molar-refractivity contribution in [1.82, 2.24) is 4.98 Å². The van der Waals surface area contributed by atoms with E-state index >= 15 is 0 Å². The monoisotopic (exact) mass is 378 g/mol. The summed E-state index contributed by atoms with van der Waals surface area (Å²) in [7, 11) is 0. The van der Waals surface area contributed by atoms with Gasteiger partial charge in [0, 0.05) is 15.2 Å². The predicted octanol–water partition coefficient (Wildman–Crippen LogP) is 4.03. The van der Waals surface area contributed by atoms with E-state index in [4.69, 9.17) is 5.73 Å². The SMILES string of the molecule is NC(c1ccc2ncccc2c1)c1ccc(F)cc1I. The van der Waals surface area contributed by atoms with Crippen LogP contribution in [0.3, 0.4) is 0 Å². The highest BCUT2D eigenvalue weighted by Gasteiger charge is 2.13. The molecule has 0 spiro atoms. The number of aromatic nitrogens is 1. The standard InChI is InChI=1S/C16H12FIN2/c17-12-4-5-13(14(18)9-12)16(19)11-3-6-15-10(8-11)2-1-7-20-15/h1-9,16H,19H2. The Bertz CT molecular complexity index is 773. The molecule has 0 aliphatic carbocycles. The molecule has 100 valence electrons. The van der Waals surface area contributed by atoms with Crippen LogP contribution in [-0.4, -0.2) is 4.98 Å². The summed E-state index contributed by atoms with van der Waals surface area (Å²) in [5.74, 6) is -0.243. The topological polar surface area (TPSA) is 38.9 Å². The van der Waals surface area contributed by atoms with Crippen molar-refractivity contribution in [3.63, 3.8) is 0 Å².